The van der Waals surface area contributed by atoms with Gasteiger partial charge in [0.05, 0.1) is 10.9 Å². The zero-order chi connectivity index (χ0) is 29.2. The largest absolute Gasteiger partial charge is 0.307 e. The number of nitrogens with one attached hydrogen (secondary N) is 1. The molecule has 0 aliphatic carbocycles. The van der Waals surface area contributed by atoms with Crippen LogP contribution < -0.4 is 10.2 Å². The molecule has 3 unspecified atom stereocenters. The molecule has 4 aromatic carbocycles. The number of hydrogen-bond donors (Lipinski definition) is 1. The fraction of sp³-hybridized carbons (Fsp3) is 0.194. The SMILES string of the molecule is CCC(C)Cc1cccc(C(=O)N2c3ccc(C=C4SC(=S)NC4=O)cc3C(c3ccccc3)C2c2ccccc2)c1. The van der Waals surface area contributed by atoms with Crippen LogP contribution in [0.1, 0.15) is 70.4 Å². The predicted octanol–water partition coefficient (Wildman–Crippen LogP) is 8.30. The van der Waals surface area contributed by atoms with Gasteiger partial charge in [0.1, 0.15) is 4.32 Å². The van der Waals surface area contributed by atoms with E-state index in [1.807, 2.05) is 71.6 Å². The maximum Gasteiger partial charge on any atom is 0.263 e. The molecule has 2 aliphatic rings. The summed E-state index contributed by atoms with van der Waals surface area (Å²) in [5.74, 6) is 0.253. The third kappa shape index (κ3) is 5.57. The second-order valence-corrected chi connectivity index (χ2v) is 12.7. The number of carbonyl (C=O) groups is 2. The Bertz CT molecular complexity index is 1680. The lowest BCUT2D eigenvalue weighted by Gasteiger charge is -2.30. The highest BCUT2D eigenvalue weighted by molar-refractivity contribution is 8.26. The van der Waals surface area contributed by atoms with Crippen LogP contribution >= 0.6 is 24.0 Å². The zero-order valence-corrected chi connectivity index (χ0v) is 25.3. The molecule has 2 aliphatic heterocycles. The lowest BCUT2D eigenvalue weighted by Crippen LogP contribution is -2.33. The zero-order valence-electron chi connectivity index (χ0n) is 23.6. The van der Waals surface area contributed by atoms with Crippen LogP contribution in [0, 0.1) is 5.92 Å². The molecule has 210 valence electrons. The van der Waals surface area contributed by atoms with Crippen LogP contribution in [-0.4, -0.2) is 16.1 Å². The number of thiocarbonyl (C=S) groups is 1. The van der Waals surface area contributed by atoms with Crippen molar-refractivity contribution >= 4 is 51.9 Å². The highest BCUT2D eigenvalue weighted by atomic mass is 32.2. The fourth-order valence-electron chi connectivity index (χ4n) is 5.94. The van der Waals surface area contributed by atoms with Crippen LogP contribution in [0.4, 0.5) is 5.69 Å². The van der Waals surface area contributed by atoms with Gasteiger partial charge in [0.25, 0.3) is 11.8 Å². The van der Waals surface area contributed by atoms with E-state index in [1.54, 1.807) is 0 Å². The molecule has 0 spiro atoms. The van der Waals surface area contributed by atoms with E-state index in [9.17, 15) is 9.59 Å². The number of thioether (sulfide) groups is 1. The molecule has 1 saturated heterocycles. The van der Waals surface area contributed by atoms with Gasteiger partial charge < -0.3 is 5.32 Å². The van der Waals surface area contributed by atoms with Crippen molar-refractivity contribution in [1.82, 2.24) is 5.32 Å². The van der Waals surface area contributed by atoms with E-state index in [2.05, 4.69) is 61.6 Å². The van der Waals surface area contributed by atoms with Gasteiger partial charge in [-0.3, -0.25) is 14.5 Å². The molecular weight excluding hydrogens is 557 g/mol. The Hall–Kier alpha value is -4.00. The summed E-state index contributed by atoms with van der Waals surface area (Å²) in [5, 5.41) is 2.70. The number of hydrogen-bond acceptors (Lipinski definition) is 4. The minimum Gasteiger partial charge on any atom is -0.307 e. The van der Waals surface area contributed by atoms with Crippen LogP contribution in [0.3, 0.4) is 0 Å². The molecule has 3 atom stereocenters. The third-order valence-electron chi connectivity index (χ3n) is 8.15. The summed E-state index contributed by atoms with van der Waals surface area (Å²) in [6.07, 6.45) is 3.91. The summed E-state index contributed by atoms with van der Waals surface area (Å²) in [4.78, 5) is 29.5. The molecule has 0 saturated carbocycles. The Balaban J connectivity index is 1.50. The second-order valence-electron chi connectivity index (χ2n) is 11.0. The van der Waals surface area contributed by atoms with E-state index in [-0.39, 0.29) is 23.8 Å². The molecule has 6 rings (SSSR count). The quantitative estimate of drug-likeness (QED) is 0.174. The van der Waals surface area contributed by atoms with Gasteiger partial charge in [0.2, 0.25) is 0 Å². The monoisotopic (exact) mass is 588 g/mol. The Morgan fingerprint density at radius 2 is 1.67 bits per heavy atom. The van der Waals surface area contributed by atoms with Crippen LogP contribution in [0.15, 0.2) is 108 Å². The van der Waals surface area contributed by atoms with Gasteiger partial charge in [-0.25, -0.2) is 0 Å². The normalized spacial score (nSPS) is 19.6. The van der Waals surface area contributed by atoms with Crippen molar-refractivity contribution in [3.63, 3.8) is 0 Å². The highest BCUT2D eigenvalue weighted by Crippen LogP contribution is 2.53. The molecule has 42 heavy (non-hydrogen) atoms. The van der Waals surface area contributed by atoms with Crippen LogP contribution in [0.25, 0.3) is 6.08 Å². The molecule has 6 heteroatoms. The Labute approximate surface area is 256 Å². The van der Waals surface area contributed by atoms with Gasteiger partial charge in [-0.2, -0.15) is 0 Å². The summed E-state index contributed by atoms with van der Waals surface area (Å²) < 4.78 is 0.464. The topological polar surface area (TPSA) is 49.4 Å². The smallest absolute Gasteiger partial charge is 0.263 e. The maximum atomic E-state index is 14.6. The van der Waals surface area contributed by atoms with E-state index in [0.29, 0.717) is 20.7 Å². The van der Waals surface area contributed by atoms with Crippen LogP contribution in [0.2, 0.25) is 0 Å². The Kier molecular flexibility index (Phi) is 8.09. The Morgan fingerprint density at radius 3 is 2.33 bits per heavy atom. The van der Waals surface area contributed by atoms with Crippen LogP contribution in [0.5, 0.6) is 0 Å². The van der Waals surface area contributed by atoms with E-state index < -0.39 is 0 Å². The average Bonchev–Trinajstić information content (AvgIpc) is 3.52. The van der Waals surface area contributed by atoms with E-state index in [4.69, 9.17) is 12.2 Å². The van der Waals surface area contributed by atoms with Crippen molar-refractivity contribution in [3.05, 3.63) is 141 Å². The first kappa shape index (κ1) is 28.1. The Morgan fingerprint density at radius 1 is 0.952 bits per heavy atom. The number of anilines is 1. The van der Waals surface area contributed by atoms with E-state index >= 15 is 0 Å². The molecule has 4 aromatic rings. The first-order valence-corrected chi connectivity index (χ1v) is 15.6. The average molecular weight is 589 g/mol. The molecule has 1 N–H and O–H groups in total. The van der Waals surface area contributed by atoms with Gasteiger partial charge in [0, 0.05) is 17.2 Å². The summed E-state index contributed by atoms with van der Waals surface area (Å²) in [6.45, 7) is 4.44. The van der Waals surface area contributed by atoms with Crippen molar-refractivity contribution in [2.75, 3.05) is 4.90 Å². The van der Waals surface area contributed by atoms with E-state index in [0.717, 1.165) is 40.8 Å². The fourth-order valence-corrected chi connectivity index (χ4v) is 6.98. The molecule has 2 amide bonds. The number of rotatable bonds is 7. The van der Waals surface area contributed by atoms with Gasteiger partial charge in [-0.15, -0.1) is 0 Å². The number of nitrogens with zero attached hydrogens (tertiary/aromatic N) is 1. The summed E-state index contributed by atoms with van der Waals surface area (Å²) in [5.41, 5.74) is 6.91. The van der Waals surface area contributed by atoms with Gasteiger partial charge in [-0.1, -0.05) is 123 Å². The molecule has 1 fully saturated rings. The number of fused-ring (bicyclic) bond motifs is 1. The van der Waals surface area contributed by atoms with Gasteiger partial charge in [-0.05, 0) is 70.5 Å². The van der Waals surface area contributed by atoms with E-state index in [1.165, 1.54) is 17.3 Å². The lowest BCUT2D eigenvalue weighted by molar-refractivity contribution is -0.115. The minimum atomic E-state index is -0.242. The number of amides is 2. The predicted molar refractivity (Wildman–Crippen MR) is 177 cm³/mol. The van der Waals surface area contributed by atoms with Crippen LogP contribution in [-0.2, 0) is 11.2 Å². The molecule has 4 nitrogen and oxygen atoms in total. The maximum absolute atomic E-state index is 14.6. The third-order valence-corrected chi connectivity index (χ3v) is 9.32. The summed E-state index contributed by atoms with van der Waals surface area (Å²) in [7, 11) is 0. The molecule has 0 radical (unpaired) electrons. The lowest BCUT2D eigenvalue weighted by atomic mass is 9.84. The first-order valence-electron chi connectivity index (χ1n) is 14.3. The molecule has 0 bridgehead atoms. The molecular formula is C36H32N2O2S2. The van der Waals surface area contributed by atoms with Crippen molar-refractivity contribution in [2.45, 2.75) is 38.6 Å². The van der Waals surface area contributed by atoms with Crippen molar-refractivity contribution in [1.29, 1.82) is 0 Å². The summed E-state index contributed by atoms with van der Waals surface area (Å²) >= 11 is 6.47. The summed E-state index contributed by atoms with van der Waals surface area (Å²) in [6, 6.07) is 34.7. The van der Waals surface area contributed by atoms with Gasteiger partial charge in [0.15, 0.2) is 0 Å². The van der Waals surface area contributed by atoms with Gasteiger partial charge >= 0.3 is 0 Å². The minimum absolute atomic E-state index is 0.0169. The first-order chi connectivity index (χ1) is 20.4. The molecule has 2 heterocycles. The van der Waals surface area contributed by atoms with Crippen molar-refractivity contribution in [2.24, 2.45) is 5.92 Å². The highest BCUT2D eigenvalue weighted by Gasteiger charge is 2.43. The molecule has 0 aromatic heterocycles. The van der Waals surface area contributed by atoms with Crippen molar-refractivity contribution < 1.29 is 9.59 Å². The number of carbonyl (C=O) groups excluding carboxylic acids is 2. The number of benzene rings is 4. The van der Waals surface area contributed by atoms with Crippen molar-refractivity contribution in [3.8, 4) is 0 Å². The second kappa shape index (κ2) is 12.1. The standard InChI is InChI=1S/C36H32N2O2S2/c1-3-23(2)19-24-11-10-16-28(20-24)35(40)38-30-18-17-25(22-31-34(39)37-36(41)42-31)21-29(30)32(26-12-6-4-7-13-26)33(38)27-14-8-5-9-15-27/h4-18,20-23,32-33H,3,19H2,1-2H3,(H,37,39,41).